The van der Waals surface area contributed by atoms with Crippen molar-refractivity contribution >= 4 is 0 Å². The molecule has 0 saturated heterocycles. The van der Waals surface area contributed by atoms with E-state index in [1.165, 1.54) is 12.1 Å². The van der Waals surface area contributed by atoms with E-state index in [4.69, 9.17) is 4.74 Å². The van der Waals surface area contributed by atoms with Crippen molar-refractivity contribution in [1.82, 2.24) is 0 Å². The molecule has 2 nitrogen and oxygen atoms in total. The molecule has 16 heavy (non-hydrogen) atoms. The zero-order valence-electron chi connectivity index (χ0n) is 9.45. The Kier molecular flexibility index (Phi) is 3.44. The van der Waals surface area contributed by atoms with Crippen molar-refractivity contribution < 1.29 is 14.2 Å². The summed E-state index contributed by atoms with van der Waals surface area (Å²) in [6, 6.07) is 4.47. The van der Waals surface area contributed by atoms with E-state index in [-0.39, 0.29) is 11.9 Å². The molecule has 0 unspecified atom stereocenters. The van der Waals surface area contributed by atoms with Crippen LogP contribution in [0.25, 0.3) is 0 Å². The van der Waals surface area contributed by atoms with Gasteiger partial charge in [-0.2, -0.15) is 0 Å². The van der Waals surface area contributed by atoms with E-state index < -0.39 is 6.10 Å². The Morgan fingerprint density at radius 3 is 2.75 bits per heavy atom. The molecule has 0 aliphatic heterocycles. The third kappa shape index (κ3) is 2.53. The number of hydrogen-bond acceptors (Lipinski definition) is 2. The minimum absolute atomic E-state index is 0.141. The molecule has 0 heterocycles. The van der Waals surface area contributed by atoms with Crippen LogP contribution in [0.1, 0.15) is 31.2 Å². The lowest BCUT2D eigenvalue weighted by molar-refractivity contribution is 0.00651. The molecule has 0 amide bonds. The fourth-order valence-electron chi connectivity index (χ4n) is 2.12. The van der Waals surface area contributed by atoms with E-state index >= 15 is 0 Å². The van der Waals surface area contributed by atoms with Crippen LogP contribution in [-0.4, -0.2) is 17.3 Å². The van der Waals surface area contributed by atoms with Crippen molar-refractivity contribution in [3.05, 3.63) is 29.6 Å². The first kappa shape index (κ1) is 11.4. The van der Waals surface area contributed by atoms with Gasteiger partial charge in [-0.3, -0.25) is 0 Å². The van der Waals surface area contributed by atoms with E-state index in [0.29, 0.717) is 5.75 Å². The fraction of sp³-hybridized carbons (Fsp3) is 0.538. The van der Waals surface area contributed by atoms with Crippen LogP contribution in [0.4, 0.5) is 4.39 Å². The van der Waals surface area contributed by atoms with Gasteiger partial charge in [0.2, 0.25) is 0 Å². The van der Waals surface area contributed by atoms with Crippen molar-refractivity contribution in [3.8, 4) is 5.75 Å². The molecular formula is C13H17FO2. The molecule has 0 bridgehead atoms. The van der Waals surface area contributed by atoms with Gasteiger partial charge in [0.15, 0.2) is 0 Å². The van der Waals surface area contributed by atoms with Crippen LogP contribution in [0.5, 0.6) is 5.75 Å². The van der Waals surface area contributed by atoms with E-state index in [1.54, 1.807) is 6.07 Å². The number of aliphatic hydroxyl groups excluding tert-OH is 1. The van der Waals surface area contributed by atoms with Crippen molar-refractivity contribution in [2.75, 3.05) is 0 Å². The molecular weight excluding hydrogens is 207 g/mol. The molecule has 2 atom stereocenters. The van der Waals surface area contributed by atoms with Crippen LogP contribution in [-0.2, 0) is 0 Å². The molecule has 1 fully saturated rings. The first-order valence-corrected chi connectivity index (χ1v) is 5.77. The van der Waals surface area contributed by atoms with E-state index in [1.807, 2.05) is 6.92 Å². The first-order chi connectivity index (χ1) is 7.66. The van der Waals surface area contributed by atoms with Gasteiger partial charge in [0.25, 0.3) is 0 Å². The van der Waals surface area contributed by atoms with Gasteiger partial charge in [0.1, 0.15) is 17.7 Å². The Morgan fingerprint density at radius 2 is 2.06 bits per heavy atom. The van der Waals surface area contributed by atoms with Crippen molar-refractivity contribution in [2.24, 2.45) is 0 Å². The van der Waals surface area contributed by atoms with E-state index in [2.05, 4.69) is 0 Å². The SMILES string of the molecule is Cc1cc(F)ccc1O[C@@H]1CCCC[C@H]1O. The summed E-state index contributed by atoms with van der Waals surface area (Å²) in [5, 5.41) is 9.78. The second-order valence-electron chi connectivity index (χ2n) is 4.42. The summed E-state index contributed by atoms with van der Waals surface area (Å²) < 4.78 is 18.6. The molecule has 1 aliphatic carbocycles. The van der Waals surface area contributed by atoms with Crippen molar-refractivity contribution in [2.45, 2.75) is 44.8 Å². The predicted molar refractivity (Wildman–Crippen MR) is 60.0 cm³/mol. The summed E-state index contributed by atoms with van der Waals surface area (Å²) in [5.41, 5.74) is 0.776. The van der Waals surface area contributed by atoms with Crippen molar-refractivity contribution in [3.63, 3.8) is 0 Å². The molecule has 1 aromatic carbocycles. The average Bonchev–Trinajstić information content (AvgIpc) is 2.25. The molecule has 2 rings (SSSR count). The Bertz CT molecular complexity index is 365. The molecule has 0 spiro atoms. The highest BCUT2D eigenvalue weighted by atomic mass is 19.1. The number of hydrogen-bond donors (Lipinski definition) is 1. The lowest BCUT2D eigenvalue weighted by atomic mass is 9.95. The summed E-state index contributed by atoms with van der Waals surface area (Å²) in [6.45, 7) is 1.81. The zero-order valence-corrected chi connectivity index (χ0v) is 9.45. The standard InChI is InChI=1S/C13H17FO2/c1-9-8-10(14)6-7-12(9)16-13-5-3-2-4-11(13)15/h6-8,11,13,15H,2-5H2,1H3/t11-,13-/m1/s1. The third-order valence-electron chi connectivity index (χ3n) is 3.08. The van der Waals surface area contributed by atoms with Crippen LogP contribution in [0.2, 0.25) is 0 Å². The van der Waals surface area contributed by atoms with Gasteiger partial charge in [-0.15, -0.1) is 0 Å². The van der Waals surface area contributed by atoms with Crippen LogP contribution >= 0.6 is 0 Å². The Hall–Kier alpha value is -1.09. The number of ether oxygens (including phenoxy) is 1. The van der Waals surface area contributed by atoms with Gasteiger partial charge >= 0.3 is 0 Å². The molecule has 1 aliphatic rings. The molecule has 1 N–H and O–H groups in total. The van der Waals surface area contributed by atoms with Crippen LogP contribution < -0.4 is 4.74 Å². The maximum absolute atomic E-state index is 12.9. The quantitative estimate of drug-likeness (QED) is 0.837. The molecule has 1 aromatic rings. The number of aliphatic hydroxyl groups is 1. The number of rotatable bonds is 2. The Morgan fingerprint density at radius 1 is 1.31 bits per heavy atom. The summed E-state index contributed by atoms with van der Waals surface area (Å²) in [7, 11) is 0. The highest BCUT2D eigenvalue weighted by Crippen LogP contribution is 2.26. The third-order valence-corrected chi connectivity index (χ3v) is 3.08. The smallest absolute Gasteiger partial charge is 0.124 e. The molecule has 88 valence electrons. The minimum Gasteiger partial charge on any atom is -0.487 e. The van der Waals surface area contributed by atoms with Gasteiger partial charge in [0.05, 0.1) is 6.10 Å². The van der Waals surface area contributed by atoms with Gasteiger partial charge in [-0.1, -0.05) is 6.42 Å². The van der Waals surface area contributed by atoms with Gasteiger partial charge in [-0.25, -0.2) is 4.39 Å². The summed E-state index contributed by atoms with van der Waals surface area (Å²) in [4.78, 5) is 0. The minimum atomic E-state index is -0.391. The maximum atomic E-state index is 12.9. The summed E-state index contributed by atoms with van der Waals surface area (Å²) in [5.74, 6) is 0.418. The maximum Gasteiger partial charge on any atom is 0.124 e. The lowest BCUT2D eigenvalue weighted by Gasteiger charge is -2.28. The Labute approximate surface area is 95.1 Å². The number of halogens is 1. The van der Waals surface area contributed by atoms with Crippen LogP contribution in [0.15, 0.2) is 18.2 Å². The number of benzene rings is 1. The summed E-state index contributed by atoms with van der Waals surface area (Å²) in [6.07, 6.45) is 3.28. The normalized spacial score (nSPS) is 25.4. The predicted octanol–water partition coefficient (Wildman–Crippen LogP) is 2.82. The monoisotopic (exact) mass is 224 g/mol. The molecule has 1 saturated carbocycles. The first-order valence-electron chi connectivity index (χ1n) is 5.77. The Balaban J connectivity index is 2.07. The second kappa shape index (κ2) is 4.83. The second-order valence-corrected chi connectivity index (χ2v) is 4.42. The van der Waals surface area contributed by atoms with Crippen LogP contribution in [0.3, 0.4) is 0 Å². The van der Waals surface area contributed by atoms with E-state index in [0.717, 1.165) is 31.2 Å². The van der Waals surface area contributed by atoms with Gasteiger partial charge < -0.3 is 9.84 Å². The highest BCUT2D eigenvalue weighted by Gasteiger charge is 2.24. The molecule has 3 heteroatoms. The average molecular weight is 224 g/mol. The molecule has 0 radical (unpaired) electrons. The van der Waals surface area contributed by atoms with Crippen LogP contribution in [0, 0.1) is 12.7 Å². The van der Waals surface area contributed by atoms with E-state index in [9.17, 15) is 9.50 Å². The topological polar surface area (TPSA) is 29.5 Å². The van der Waals surface area contributed by atoms with Gasteiger partial charge in [0, 0.05) is 0 Å². The largest absolute Gasteiger partial charge is 0.487 e. The molecule has 0 aromatic heterocycles. The summed E-state index contributed by atoms with van der Waals surface area (Å²) >= 11 is 0. The highest BCUT2D eigenvalue weighted by molar-refractivity contribution is 5.32. The number of aryl methyl sites for hydroxylation is 1. The fourth-order valence-corrected chi connectivity index (χ4v) is 2.12. The zero-order chi connectivity index (χ0) is 11.5. The van der Waals surface area contributed by atoms with Gasteiger partial charge in [-0.05, 0) is 49.9 Å². The van der Waals surface area contributed by atoms with Crippen molar-refractivity contribution in [1.29, 1.82) is 0 Å². The lowest BCUT2D eigenvalue weighted by Crippen LogP contribution is -2.34.